The summed E-state index contributed by atoms with van der Waals surface area (Å²) < 4.78 is 6.43. The molecular weight excluding hydrogens is 258 g/mol. The van der Waals surface area contributed by atoms with Gasteiger partial charge in [0.2, 0.25) is 0 Å². The van der Waals surface area contributed by atoms with Crippen LogP contribution >= 0.6 is 0 Å². The van der Waals surface area contributed by atoms with Gasteiger partial charge in [0, 0.05) is 19.2 Å². The molecule has 1 aliphatic heterocycles. The highest BCUT2D eigenvalue weighted by Gasteiger charge is 2.39. The highest BCUT2D eigenvalue weighted by molar-refractivity contribution is 6.74. The third-order valence-electron chi connectivity index (χ3n) is 4.68. The van der Waals surface area contributed by atoms with Crippen molar-refractivity contribution in [2.24, 2.45) is 0 Å². The molecule has 2 N–H and O–H groups in total. The van der Waals surface area contributed by atoms with Gasteiger partial charge in [0.15, 0.2) is 8.32 Å². The van der Waals surface area contributed by atoms with E-state index in [0.29, 0.717) is 6.10 Å². The summed E-state index contributed by atoms with van der Waals surface area (Å²) in [5.41, 5.74) is 0. The predicted octanol–water partition coefficient (Wildman–Crippen LogP) is 1.83. The minimum Gasteiger partial charge on any atom is -0.414 e. The summed E-state index contributed by atoms with van der Waals surface area (Å²) in [6.07, 6.45) is 2.35. The van der Waals surface area contributed by atoms with Gasteiger partial charge in [-0.05, 0) is 31.0 Å². The fraction of sp³-hybridized carbons (Fsp3) is 1.00. The fourth-order valence-corrected chi connectivity index (χ4v) is 3.66. The number of hydrogen-bond donors (Lipinski definition) is 2. The number of piperidine rings is 1. The normalized spacial score (nSPS) is 20.2. The molecule has 0 aromatic rings. The molecule has 0 spiro atoms. The Labute approximate surface area is 118 Å². The Bertz CT molecular complexity index is 266. The summed E-state index contributed by atoms with van der Waals surface area (Å²) in [5.74, 6) is 0. The highest BCUT2D eigenvalue weighted by Crippen LogP contribution is 2.38. The van der Waals surface area contributed by atoms with Crippen LogP contribution in [0.2, 0.25) is 18.1 Å². The lowest BCUT2D eigenvalue weighted by atomic mass is 10.1. The first-order valence-corrected chi connectivity index (χ1v) is 10.3. The van der Waals surface area contributed by atoms with Crippen LogP contribution in [-0.4, -0.2) is 61.9 Å². The Morgan fingerprint density at radius 2 is 1.63 bits per heavy atom. The molecule has 114 valence electrons. The van der Waals surface area contributed by atoms with E-state index in [1.165, 1.54) is 0 Å². The number of aliphatic hydroxyl groups excluding tert-OH is 2. The molecule has 4 nitrogen and oxygen atoms in total. The molecule has 1 heterocycles. The number of likely N-dealkylation sites (tertiary alicyclic amines) is 1. The van der Waals surface area contributed by atoms with E-state index >= 15 is 0 Å². The summed E-state index contributed by atoms with van der Waals surface area (Å²) in [6.45, 7) is 13.3. The molecule has 0 aromatic carbocycles. The second kappa shape index (κ2) is 6.67. The molecule has 0 bridgehead atoms. The van der Waals surface area contributed by atoms with Crippen LogP contribution in [0.5, 0.6) is 0 Å². The maximum absolute atomic E-state index is 9.21. The summed E-state index contributed by atoms with van der Waals surface area (Å²) >= 11 is 0. The van der Waals surface area contributed by atoms with Crippen molar-refractivity contribution in [2.45, 2.75) is 63.9 Å². The van der Waals surface area contributed by atoms with E-state index in [1.807, 2.05) is 0 Å². The number of rotatable bonds is 5. The maximum atomic E-state index is 9.21. The van der Waals surface area contributed by atoms with Crippen LogP contribution in [0.15, 0.2) is 0 Å². The molecule has 0 amide bonds. The summed E-state index contributed by atoms with van der Waals surface area (Å²) in [6, 6.07) is -0.103. The quantitative estimate of drug-likeness (QED) is 0.758. The van der Waals surface area contributed by atoms with Crippen molar-refractivity contribution in [1.29, 1.82) is 0 Å². The molecule has 1 rings (SSSR count). The Morgan fingerprint density at radius 1 is 1.16 bits per heavy atom. The van der Waals surface area contributed by atoms with Gasteiger partial charge in [-0.15, -0.1) is 0 Å². The molecule has 1 aliphatic rings. The van der Waals surface area contributed by atoms with Crippen molar-refractivity contribution in [3.63, 3.8) is 0 Å². The van der Waals surface area contributed by atoms with Crippen molar-refractivity contribution in [3.05, 3.63) is 0 Å². The molecule has 0 radical (unpaired) electrons. The summed E-state index contributed by atoms with van der Waals surface area (Å²) in [4.78, 5) is 2.17. The van der Waals surface area contributed by atoms with Gasteiger partial charge < -0.3 is 14.6 Å². The van der Waals surface area contributed by atoms with Crippen LogP contribution in [0.25, 0.3) is 0 Å². The SMILES string of the molecule is CC(C)(C)[Si](C)(C)OC1CCN(C(CO)CO)CC1. The lowest BCUT2D eigenvalue weighted by molar-refractivity contribution is 0.0248. The molecule has 0 saturated carbocycles. The fourth-order valence-electron chi connectivity index (χ4n) is 2.24. The minimum absolute atomic E-state index is 0.0320. The average molecular weight is 289 g/mol. The maximum Gasteiger partial charge on any atom is 0.192 e. The van der Waals surface area contributed by atoms with E-state index in [1.54, 1.807) is 0 Å². The van der Waals surface area contributed by atoms with Gasteiger partial charge in [0.25, 0.3) is 0 Å². The van der Waals surface area contributed by atoms with Crippen LogP contribution in [0.1, 0.15) is 33.6 Å². The molecule has 1 fully saturated rings. The number of nitrogens with zero attached hydrogens (tertiary/aromatic N) is 1. The van der Waals surface area contributed by atoms with E-state index in [4.69, 9.17) is 4.43 Å². The lowest BCUT2D eigenvalue weighted by Gasteiger charge is -2.43. The van der Waals surface area contributed by atoms with Gasteiger partial charge in [-0.3, -0.25) is 4.90 Å². The summed E-state index contributed by atoms with van der Waals surface area (Å²) in [7, 11) is -1.68. The zero-order valence-corrected chi connectivity index (χ0v) is 14.1. The van der Waals surface area contributed by atoms with E-state index in [-0.39, 0.29) is 24.3 Å². The van der Waals surface area contributed by atoms with Gasteiger partial charge in [0.05, 0.1) is 19.3 Å². The third kappa shape index (κ3) is 4.53. The molecule has 0 unspecified atom stereocenters. The third-order valence-corrected chi connectivity index (χ3v) is 9.22. The van der Waals surface area contributed by atoms with E-state index in [0.717, 1.165) is 25.9 Å². The van der Waals surface area contributed by atoms with E-state index in [2.05, 4.69) is 38.8 Å². The van der Waals surface area contributed by atoms with Crippen LogP contribution in [0.3, 0.4) is 0 Å². The van der Waals surface area contributed by atoms with Crippen molar-refractivity contribution in [1.82, 2.24) is 4.90 Å². The van der Waals surface area contributed by atoms with Gasteiger partial charge >= 0.3 is 0 Å². The van der Waals surface area contributed by atoms with Crippen molar-refractivity contribution < 1.29 is 14.6 Å². The Balaban J connectivity index is 2.47. The lowest BCUT2D eigenvalue weighted by Crippen LogP contribution is -2.50. The Kier molecular flexibility index (Phi) is 6.01. The van der Waals surface area contributed by atoms with Crippen molar-refractivity contribution in [3.8, 4) is 0 Å². The Morgan fingerprint density at radius 3 is 2.00 bits per heavy atom. The molecule has 1 saturated heterocycles. The molecule has 19 heavy (non-hydrogen) atoms. The smallest absolute Gasteiger partial charge is 0.192 e. The van der Waals surface area contributed by atoms with E-state index < -0.39 is 8.32 Å². The second-order valence-corrected chi connectivity index (χ2v) is 11.9. The van der Waals surface area contributed by atoms with Crippen LogP contribution in [-0.2, 0) is 4.43 Å². The standard InChI is InChI=1S/C14H31NO3Si/c1-14(2,3)19(4,5)18-13-6-8-15(9-7-13)12(10-16)11-17/h12-13,16-17H,6-11H2,1-5H3. The van der Waals surface area contributed by atoms with Gasteiger partial charge in [-0.25, -0.2) is 0 Å². The first-order chi connectivity index (χ1) is 8.71. The minimum atomic E-state index is -1.68. The second-order valence-electron chi connectivity index (χ2n) is 7.13. The van der Waals surface area contributed by atoms with Gasteiger partial charge in [-0.2, -0.15) is 0 Å². The molecular formula is C14H31NO3Si. The van der Waals surface area contributed by atoms with Crippen LogP contribution < -0.4 is 0 Å². The first-order valence-electron chi connectivity index (χ1n) is 7.35. The molecule has 0 aromatic heterocycles. The topological polar surface area (TPSA) is 52.9 Å². The van der Waals surface area contributed by atoms with Crippen molar-refractivity contribution >= 4 is 8.32 Å². The van der Waals surface area contributed by atoms with E-state index in [9.17, 15) is 10.2 Å². The molecule has 5 heteroatoms. The Hall–Kier alpha value is 0.0569. The summed E-state index contributed by atoms with van der Waals surface area (Å²) in [5, 5.41) is 18.7. The number of aliphatic hydroxyl groups is 2. The van der Waals surface area contributed by atoms with Crippen LogP contribution in [0, 0.1) is 0 Å². The van der Waals surface area contributed by atoms with Gasteiger partial charge in [-0.1, -0.05) is 20.8 Å². The van der Waals surface area contributed by atoms with Crippen LogP contribution in [0.4, 0.5) is 0 Å². The number of hydrogen-bond acceptors (Lipinski definition) is 4. The molecule has 0 aliphatic carbocycles. The zero-order valence-electron chi connectivity index (χ0n) is 13.1. The monoisotopic (exact) mass is 289 g/mol. The zero-order chi connectivity index (χ0) is 14.7. The predicted molar refractivity (Wildman–Crippen MR) is 80.8 cm³/mol. The largest absolute Gasteiger partial charge is 0.414 e. The first kappa shape index (κ1) is 17.1. The average Bonchev–Trinajstić information content (AvgIpc) is 2.31. The van der Waals surface area contributed by atoms with Gasteiger partial charge in [0.1, 0.15) is 0 Å². The molecule has 0 atom stereocenters. The van der Waals surface area contributed by atoms with Crippen molar-refractivity contribution in [2.75, 3.05) is 26.3 Å². The highest BCUT2D eigenvalue weighted by atomic mass is 28.4.